The lowest BCUT2D eigenvalue weighted by atomic mass is 9.67. The number of hydrogen-bond donors (Lipinski definition) is 1. The average molecular weight is 359 g/mol. The first kappa shape index (κ1) is 17.5. The molecule has 1 atom stereocenters. The highest BCUT2D eigenvalue weighted by Crippen LogP contribution is 2.52. The maximum atomic E-state index is 13.0. The molecular formula is C19H29N5O2. The quantitative estimate of drug-likeness (QED) is 0.869. The fraction of sp³-hybridized carbons (Fsp3) is 0.789. The zero-order chi connectivity index (χ0) is 18.5. The SMILES string of the molecule is CC(C)C1(C(=O)NCC2CC3(CCC3)CN2C(=O)c2cn(C)nn2)CC1. The summed E-state index contributed by atoms with van der Waals surface area (Å²) in [6.07, 6.45) is 8.20. The van der Waals surface area contributed by atoms with Gasteiger partial charge in [0.05, 0.1) is 17.7 Å². The van der Waals surface area contributed by atoms with Crippen LogP contribution in [0.5, 0.6) is 0 Å². The summed E-state index contributed by atoms with van der Waals surface area (Å²) in [5.41, 5.74) is 0.468. The molecule has 2 heterocycles. The molecule has 7 heteroatoms. The van der Waals surface area contributed by atoms with Crippen LogP contribution in [-0.4, -0.2) is 50.8 Å². The standard InChI is InChI=1S/C19H29N5O2/c1-13(2)19(7-8-19)17(26)20-10-14-9-18(5-4-6-18)12-24(14)16(25)15-11-23(3)22-21-15/h11,13-14H,4-10,12H2,1-3H3,(H,20,26). The molecule has 2 amide bonds. The van der Waals surface area contributed by atoms with Crippen molar-refractivity contribution in [3.8, 4) is 0 Å². The highest BCUT2D eigenvalue weighted by atomic mass is 16.2. The zero-order valence-corrected chi connectivity index (χ0v) is 16.0. The maximum absolute atomic E-state index is 13.0. The van der Waals surface area contributed by atoms with Crippen LogP contribution in [0.4, 0.5) is 0 Å². The van der Waals surface area contributed by atoms with E-state index in [1.54, 1.807) is 17.9 Å². The molecule has 142 valence electrons. The van der Waals surface area contributed by atoms with E-state index in [1.807, 2.05) is 4.90 Å². The maximum Gasteiger partial charge on any atom is 0.276 e. The Morgan fingerprint density at radius 3 is 2.54 bits per heavy atom. The second-order valence-corrected chi connectivity index (χ2v) is 8.94. The second kappa shape index (κ2) is 6.06. The van der Waals surface area contributed by atoms with Gasteiger partial charge in [0.25, 0.3) is 5.91 Å². The fourth-order valence-electron chi connectivity index (χ4n) is 4.80. The molecule has 3 aliphatic rings. The molecule has 26 heavy (non-hydrogen) atoms. The molecule has 0 bridgehead atoms. The van der Waals surface area contributed by atoms with Crippen molar-refractivity contribution in [2.45, 2.75) is 58.4 Å². The Bertz CT molecular complexity index is 717. The first-order valence-corrected chi connectivity index (χ1v) is 9.81. The molecular weight excluding hydrogens is 330 g/mol. The lowest BCUT2D eigenvalue weighted by Crippen LogP contribution is -2.45. The van der Waals surface area contributed by atoms with E-state index in [2.05, 4.69) is 29.5 Å². The molecule has 1 saturated heterocycles. The summed E-state index contributed by atoms with van der Waals surface area (Å²) >= 11 is 0. The van der Waals surface area contributed by atoms with E-state index < -0.39 is 0 Å². The molecule has 0 radical (unpaired) electrons. The minimum atomic E-state index is -0.174. The number of aromatic nitrogens is 3. The summed E-state index contributed by atoms with van der Waals surface area (Å²) < 4.78 is 1.55. The van der Waals surface area contributed by atoms with Crippen LogP contribution in [0.1, 0.15) is 62.9 Å². The van der Waals surface area contributed by atoms with E-state index in [-0.39, 0.29) is 28.7 Å². The van der Waals surface area contributed by atoms with Gasteiger partial charge in [-0.2, -0.15) is 0 Å². The normalized spacial score (nSPS) is 25.4. The highest BCUT2D eigenvalue weighted by Gasteiger charge is 2.53. The van der Waals surface area contributed by atoms with Crippen molar-refractivity contribution in [3.05, 3.63) is 11.9 Å². The molecule has 1 aromatic heterocycles. The third-order valence-corrected chi connectivity index (χ3v) is 6.96. The smallest absolute Gasteiger partial charge is 0.276 e. The molecule has 1 spiro atoms. The summed E-state index contributed by atoms with van der Waals surface area (Å²) in [5.74, 6) is 0.460. The van der Waals surface area contributed by atoms with E-state index in [0.29, 0.717) is 18.2 Å². The average Bonchev–Trinajstić information content (AvgIpc) is 3.13. The molecule has 3 fully saturated rings. The van der Waals surface area contributed by atoms with E-state index in [0.717, 1.165) is 25.8 Å². The van der Waals surface area contributed by atoms with Gasteiger partial charge in [0.2, 0.25) is 5.91 Å². The number of carbonyl (C=O) groups excluding carboxylic acids is 2. The first-order chi connectivity index (χ1) is 12.4. The van der Waals surface area contributed by atoms with Crippen LogP contribution in [0.25, 0.3) is 0 Å². The van der Waals surface area contributed by atoms with Crippen LogP contribution in [0.2, 0.25) is 0 Å². The molecule has 1 aliphatic heterocycles. The zero-order valence-electron chi connectivity index (χ0n) is 16.0. The fourth-order valence-corrected chi connectivity index (χ4v) is 4.80. The minimum Gasteiger partial charge on any atom is -0.354 e. The lowest BCUT2D eigenvalue weighted by molar-refractivity contribution is -0.128. The Hall–Kier alpha value is -1.92. The first-order valence-electron chi connectivity index (χ1n) is 9.81. The number of hydrogen-bond acceptors (Lipinski definition) is 4. The van der Waals surface area contributed by atoms with Gasteiger partial charge in [0.1, 0.15) is 0 Å². The molecule has 0 aromatic carbocycles. The summed E-state index contributed by atoms with van der Waals surface area (Å²) in [4.78, 5) is 27.6. The van der Waals surface area contributed by atoms with Gasteiger partial charge in [-0.15, -0.1) is 5.10 Å². The van der Waals surface area contributed by atoms with Gasteiger partial charge in [0, 0.05) is 20.1 Å². The van der Waals surface area contributed by atoms with E-state index in [4.69, 9.17) is 0 Å². The third kappa shape index (κ3) is 2.81. The Kier molecular flexibility index (Phi) is 4.08. The van der Waals surface area contributed by atoms with Gasteiger partial charge in [-0.3, -0.25) is 14.3 Å². The van der Waals surface area contributed by atoms with Crippen molar-refractivity contribution in [1.29, 1.82) is 0 Å². The van der Waals surface area contributed by atoms with Crippen molar-refractivity contribution >= 4 is 11.8 Å². The summed E-state index contributed by atoms with van der Waals surface area (Å²) in [7, 11) is 1.76. The Labute approximate surface area is 154 Å². The lowest BCUT2D eigenvalue weighted by Gasteiger charge is -2.37. The summed E-state index contributed by atoms with van der Waals surface area (Å²) in [6.45, 7) is 5.56. The predicted octanol–water partition coefficient (Wildman–Crippen LogP) is 1.75. The molecule has 7 nitrogen and oxygen atoms in total. The molecule has 1 aromatic rings. The molecule has 1 N–H and O–H groups in total. The van der Waals surface area contributed by atoms with Gasteiger partial charge in [-0.05, 0) is 43.4 Å². The van der Waals surface area contributed by atoms with Gasteiger partial charge in [-0.1, -0.05) is 25.5 Å². The van der Waals surface area contributed by atoms with E-state index in [9.17, 15) is 9.59 Å². The van der Waals surface area contributed by atoms with Crippen molar-refractivity contribution < 1.29 is 9.59 Å². The number of nitrogens with one attached hydrogen (secondary N) is 1. The van der Waals surface area contributed by atoms with Crippen LogP contribution in [0, 0.1) is 16.7 Å². The highest BCUT2D eigenvalue weighted by molar-refractivity contribution is 5.92. The van der Waals surface area contributed by atoms with Crippen LogP contribution in [0.3, 0.4) is 0 Å². The van der Waals surface area contributed by atoms with Gasteiger partial charge < -0.3 is 10.2 Å². The van der Waals surface area contributed by atoms with E-state index in [1.165, 1.54) is 19.3 Å². The van der Waals surface area contributed by atoms with Crippen LogP contribution >= 0.6 is 0 Å². The summed E-state index contributed by atoms with van der Waals surface area (Å²) in [5, 5.41) is 11.0. The van der Waals surface area contributed by atoms with Crippen LogP contribution < -0.4 is 5.32 Å². The van der Waals surface area contributed by atoms with Crippen molar-refractivity contribution in [1.82, 2.24) is 25.2 Å². The van der Waals surface area contributed by atoms with Crippen molar-refractivity contribution in [2.24, 2.45) is 23.8 Å². The molecule has 1 unspecified atom stereocenters. The Balaban J connectivity index is 1.45. The summed E-state index contributed by atoms with van der Waals surface area (Å²) in [6, 6.07) is 0.0525. The number of carbonyl (C=O) groups is 2. The topological polar surface area (TPSA) is 80.1 Å². The monoisotopic (exact) mass is 359 g/mol. The van der Waals surface area contributed by atoms with Crippen molar-refractivity contribution in [2.75, 3.05) is 13.1 Å². The largest absolute Gasteiger partial charge is 0.354 e. The predicted molar refractivity (Wildman–Crippen MR) is 96.2 cm³/mol. The third-order valence-electron chi connectivity index (χ3n) is 6.96. The van der Waals surface area contributed by atoms with Crippen LogP contribution in [-0.2, 0) is 11.8 Å². The number of likely N-dealkylation sites (tertiary alicyclic amines) is 1. The Morgan fingerprint density at radius 1 is 1.31 bits per heavy atom. The Morgan fingerprint density at radius 2 is 2.04 bits per heavy atom. The molecule has 2 saturated carbocycles. The number of amides is 2. The number of rotatable bonds is 5. The van der Waals surface area contributed by atoms with Gasteiger partial charge >= 0.3 is 0 Å². The molecule has 4 rings (SSSR count). The number of aryl methyl sites for hydroxylation is 1. The molecule has 2 aliphatic carbocycles. The number of nitrogens with zero attached hydrogens (tertiary/aromatic N) is 4. The van der Waals surface area contributed by atoms with Gasteiger partial charge in [-0.25, -0.2) is 0 Å². The second-order valence-electron chi connectivity index (χ2n) is 8.94. The van der Waals surface area contributed by atoms with Gasteiger partial charge in [0.15, 0.2) is 5.69 Å². The van der Waals surface area contributed by atoms with Crippen LogP contribution in [0.15, 0.2) is 6.20 Å². The van der Waals surface area contributed by atoms with E-state index >= 15 is 0 Å². The minimum absolute atomic E-state index is 0.0525. The van der Waals surface area contributed by atoms with Crippen molar-refractivity contribution in [3.63, 3.8) is 0 Å².